The molecule has 1 aromatic rings. The van der Waals surface area contributed by atoms with Crippen LogP contribution in [0.25, 0.3) is 0 Å². The van der Waals surface area contributed by atoms with Gasteiger partial charge in [0.1, 0.15) is 0 Å². The SMILES string of the molecule is CN(Cc1cccc(Cl)c1)C(=O)CC(=O)C(=O)O. The van der Waals surface area contributed by atoms with Crippen molar-refractivity contribution >= 4 is 29.3 Å². The average molecular weight is 270 g/mol. The smallest absolute Gasteiger partial charge is 0.372 e. The number of carbonyl (C=O) groups is 3. The third kappa shape index (κ3) is 4.18. The highest BCUT2D eigenvalue weighted by Gasteiger charge is 2.19. The molecule has 0 saturated heterocycles. The van der Waals surface area contributed by atoms with Crippen LogP contribution in [0.15, 0.2) is 24.3 Å². The monoisotopic (exact) mass is 269 g/mol. The number of halogens is 1. The van der Waals surface area contributed by atoms with E-state index < -0.39 is 24.1 Å². The van der Waals surface area contributed by atoms with Crippen molar-refractivity contribution in [3.8, 4) is 0 Å². The number of amides is 1. The minimum atomic E-state index is -1.60. The maximum Gasteiger partial charge on any atom is 0.372 e. The number of benzene rings is 1. The first kappa shape index (κ1) is 14.2. The number of rotatable bonds is 5. The van der Waals surface area contributed by atoms with Crippen molar-refractivity contribution in [3.05, 3.63) is 34.9 Å². The Kier molecular flexibility index (Phi) is 4.85. The van der Waals surface area contributed by atoms with E-state index in [1.165, 1.54) is 11.9 Å². The largest absolute Gasteiger partial charge is 0.475 e. The van der Waals surface area contributed by atoms with Crippen LogP contribution in [-0.4, -0.2) is 34.7 Å². The molecule has 1 N–H and O–H groups in total. The molecule has 0 aliphatic heterocycles. The van der Waals surface area contributed by atoms with Crippen LogP contribution in [0.1, 0.15) is 12.0 Å². The fraction of sp³-hybridized carbons (Fsp3) is 0.250. The molecule has 0 aromatic heterocycles. The zero-order valence-corrected chi connectivity index (χ0v) is 10.5. The Bertz CT molecular complexity index is 487. The molecule has 18 heavy (non-hydrogen) atoms. The molecule has 96 valence electrons. The van der Waals surface area contributed by atoms with Gasteiger partial charge in [0.25, 0.3) is 0 Å². The fourth-order valence-electron chi connectivity index (χ4n) is 1.35. The van der Waals surface area contributed by atoms with Crippen LogP contribution in [0.2, 0.25) is 5.02 Å². The maximum absolute atomic E-state index is 11.6. The molecular weight excluding hydrogens is 258 g/mol. The molecule has 0 aliphatic rings. The Morgan fingerprint density at radius 3 is 2.56 bits per heavy atom. The third-order valence-electron chi connectivity index (χ3n) is 2.28. The summed E-state index contributed by atoms with van der Waals surface area (Å²) in [6.45, 7) is 0.270. The summed E-state index contributed by atoms with van der Waals surface area (Å²) >= 11 is 5.80. The van der Waals surface area contributed by atoms with Gasteiger partial charge in [-0.1, -0.05) is 23.7 Å². The number of aliphatic carboxylic acids is 1. The number of hydrogen-bond donors (Lipinski definition) is 1. The van der Waals surface area contributed by atoms with E-state index in [-0.39, 0.29) is 6.54 Å². The normalized spacial score (nSPS) is 9.89. The summed E-state index contributed by atoms with van der Waals surface area (Å²) in [6.07, 6.45) is -0.633. The molecule has 6 heteroatoms. The predicted molar refractivity (Wildman–Crippen MR) is 65.2 cm³/mol. The Balaban J connectivity index is 2.60. The van der Waals surface area contributed by atoms with Gasteiger partial charge in [-0.05, 0) is 17.7 Å². The van der Waals surface area contributed by atoms with Gasteiger partial charge in [-0.15, -0.1) is 0 Å². The van der Waals surface area contributed by atoms with Gasteiger partial charge in [0.05, 0.1) is 6.42 Å². The summed E-state index contributed by atoms with van der Waals surface area (Å²) in [5, 5.41) is 8.95. The van der Waals surface area contributed by atoms with E-state index in [0.29, 0.717) is 5.02 Å². The van der Waals surface area contributed by atoms with Gasteiger partial charge >= 0.3 is 5.97 Å². The van der Waals surface area contributed by atoms with Crippen molar-refractivity contribution in [2.75, 3.05) is 7.05 Å². The summed E-state index contributed by atoms with van der Waals surface area (Å²) in [6, 6.07) is 6.94. The Hall–Kier alpha value is -1.88. The number of hydrogen-bond acceptors (Lipinski definition) is 3. The summed E-state index contributed by atoms with van der Waals surface area (Å²) in [5.41, 5.74) is 0.807. The quantitative estimate of drug-likeness (QED) is 0.647. The number of carboxylic acids is 1. The molecule has 0 radical (unpaired) electrons. The van der Waals surface area contributed by atoms with Gasteiger partial charge in [-0.3, -0.25) is 9.59 Å². The molecule has 1 amide bonds. The number of nitrogens with zero attached hydrogens (tertiary/aromatic N) is 1. The van der Waals surface area contributed by atoms with Crippen molar-refractivity contribution in [1.82, 2.24) is 4.90 Å². The summed E-state index contributed by atoms with van der Waals surface area (Å²) in [7, 11) is 1.50. The van der Waals surface area contributed by atoms with Crippen LogP contribution in [0, 0.1) is 0 Å². The lowest BCUT2D eigenvalue weighted by Crippen LogP contribution is -2.30. The predicted octanol–water partition coefficient (Wildman–Crippen LogP) is 1.34. The van der Waals surface area contributed by atoms with Crippen LogP contribution < -0.4 is 0 Å². The standard InChI is InChI=1S/C12H12ClNO4/c1-14(11(16)6-10(15)12(17)18)7-8-3-2-4-9(13)5-8/h2-5H,6-7H2,1H3,(H,17,18). The van der Waals surface area contributed by atoms with Gasteiger partial charge in [0.15, 0.2) is 0 Å². The third-order valence-corrected chi connectivity index (χ3v) is 2.52. The number of Topliss-reactive ketones (excluding diaryl/α,β-unsaturated/α-hetero) is 1. The van der Waals surface area contributed by atoms with E-state index in [2.05, 4.69) is 0 Å². The Morgan fingerprint density at radius 2 is 2.00 bits per heavy atom. The Labute approximate surface area is 109 Å². The zero-order chi connectivity index (χ0) is 13.7. The van der Waals surface area contributed by atoms with Crippen LogP contribution >= 0.6 is 11.6 Å². The lowest BCUT2D eigenvalue weighted by Gasteiger charge is -2.16. The molecular formula is C12H12ClNO4. The lowest BCUT2D eigenvalue weighted by molar-refractivity contribution is -0.151. The second kappa shape index (κ2) is 6.16. The second-order valence-corrected chi connectivity index (χ2v) is 4.22. The van der Waals surface area contributed by atoms with E-state index in [1.807, 2.05) is 0 Å². The fourth-order valence-corrected chi connectivity index (χ4v) is 1.56. The first-order valence-electron chi connectivity index (χ1n) is 5.14. The zero-order valence-electron chi connectivity index (χ0n) is 9.72. The molecule has 1 rings (SSSR count). The molecule has 0 bridgehead atoms. The van der Waals surface area contributed by atoms with E-state index >= 15 is 0 Å². The first-order valence-corrected chi connectivity index (χ1v) is 5.52. The van der Waals surface area contributed by atoms with Crippen LogP contribution in [-0.2, 0) is 20.9 Å². The van der Waals surface area contributed by atoms with Gasteiger partial charge in [0, 0.05) is 18.6 Å². The van der Waals surface area contributed by atoms with Crippen LogP contribution in [0.3, 0.4) is 0 Å². The van der Waals surface area contributed by atoms with Crippen molar-refractivity contribution in [2.45, 2.75) is 13.0 Å². The molecule has 5 nitrogen and oxygen atoms in total. The highest BCUT2D eigenvalue weighted by Crippen LogP contribution is 2.12. The highest BCUT2D eigenvalue weighted by atomic mass is 35.5. The molecule has 0 saturated carbocycles. The minimum Gasteiger partial charge on any atom is -0.475 e. The topological polar surface area (TPSA) is 74.7 Å². The molecule has 0 aliphatic carbocycles. The lowest BCUT2D eigenvalue weighted by atomic mass is 10.2. The summed E-state index contributed by atoms with van der Waals surface area (Å²) in [4.78, 5) is 34.1. The van der Waals surface area contributed by atoms with Gasteiger partial charge < -0.3 is 10.0 Å². The number of carbonyl (C=O) groups excluding carboxylic acids is 2. The molecule has 1 aromatic carbocycles. The maximum atomic E-state index is 11.6. The van der Waals surface area contributed by atoms with Crippen molar-refractivity contribution in [1.29, 1.82) is 0 Å². The average Bonchev–Trinajstić information content (AvgIpc) is 2.28. The van der Waals surface area contributed by atoms with Crippen LogP contribution in [0.5, 0.6) is 0 Å². The van der Waals surface area contributed by atoms with Crippen molar-refractivity contribution in [3.63, 3.8) is 0 Å². The van der Waals surface area contributed by atoms with Gasteiger partial charge in [0.2, 0.25) is 11.7 Å². The number of ketones is 1. The van der Waals surface area contributed by atoms with Crippen molar-refractivity contribution < 1.29 is 19.5 Å². The molecule has 0 spiro atoms. The molecule has 0 atom stereocenters. The van der Waals surface area contributed by atoms with Gasteiger partial charge in [-0.25, -0.2) is 4.79 Å². The van der Waals surface area contributed by atoms with E-state index in [0.717, 1.165) is 5.56 Å². The first-order chi connectivity index (χ1) is 8.40. The van der Waals surface area contributed by atoms with Crippen LogP contribution in [0.4, 0.5) is 0 Å². The Morgan fingerprint density at radius 1 is 1.33 bits per heavy atom. The summed E-state index contributed by atoms with van der Waals surface area (Å²) in [5.74, 6) is -3.25. The number of carboxylic acid groups (broad SMARTS) is 1. The van der Waals surface area contributed by atoms with E-state index in [4.69, 9.17) is 16.7 Å². The van der Waals surface area contributed by atoms with Crippen molar-refractivity contribution in [2.24, 2.45) is 0 Å². The highest BCUT2D eigenvalue weighted by molar-refractivity contribution is 6.36. The minimum absolute atomic E-state index is 0.270. The second-order valence-electron chi connectivity index (χ2n) is 3.78. The van der Waals surface area contributed by atoms with Gasteiger partial charge in [-0.2, -0.15) is 0 Å². The molecule has 0 unspecified atom stereocenters. The molecule has 0 fully saturated rings. The summed E-state index contributed by atoms with van der Waals surface area (Å²) < 4.78 is 0. The molecule has 0 heterocycles. The van der Waals surface area contributed by atoms with E-state index in [1.54, 1.807) is 24.3 Å². The van der Waals surface area contributed by atoms with E-state index in [9.17, 15) is 14.4 Å².